The van der Waals surface area contributed by atoms with Gasteiger partial charge in [-0.3, -0.25) is 0 Å². The number of nitrogens with zero attached hydrogens (tertiary/aromatic N) is 2. The van der Waals surface area contributed by atoms with Crippen molar-refractivity contribution in [3.05, 3.63) is 106 Å². The highest BCUT2D eigenvalue weighted by Crippen LogP contribution is 2.50. The van der Waals surface area contributed by atoms with E-state index in [0.717, 1.165) is 28.1 Å². The number of methoxy groups -OCH3 is 2. The van der Waals surface area contributed by atoms with Crippen LogP contribution in [0.5, 0.6) is 23.1 Å². The molecule has 0 aliphatic carbocycles. The van der Waals surface area contributed by atoms with E-state index in [-0.39, 0.29) is 11.6 Å². The number of rotatable bonds is 5. The molecule has 1 aliphatic rings. The van der Waals surface area contributed by atoms with Crippen molar-refractivity contribution in [2.24, 2.45) is 0 Å². The van der Waals surface area contributed by atoms with Crippen LogP contribution in [0.4, 0.5) is 11.5 Å². The molecular formula is C28H21N3O5. The molecular weight excluding hydrogens is 458 g/mol. The largest absolute Gasteiger partial charge is 0.497 e. The van der Waals surface area contributed by atoms with E-state index in [0.29, 0.717) is 22.5 Å². The Labute approximate surface area is 206 Å². The number of aromatic nitrogens is 2. The fourth-order valence-corrected chi connectivity index (χ4v) is 4.54. The first kappa shape index (κ1) is 21.7. The third-order valence-corrected chi connectivity index (χ3v) is 6.24. The van der Waals surface area contributed by atoms with E-state index in [2.05, 4.69) is 15.3 Å². The Bertz CT molecular complexity index is 1630. The smallest absolute Gasteiger partial charge is 0.380 e. The van der Waals surface area contributed by atoms with Gasteiger partial charge in [-0.1, -0.05) is 30.3 Å². The zero-order chi connectivity index (χ0) is 24.6. The summed E-state index contributed by atoms with van der Waals surface area (Å²) in [5.41, 5.74) is 3.07. The van der Waals surface area contributed by atoms with Crippen molar-refractivity contribution >= 4 is 22.5 Å². The number of hydrogen-bond acceptors (Lipinski definition) is 8. The highest BCUT2D eigenvalue weighted by molar-refractivity contribution is 5.86. The molecule has 0 amide bonds. The highest BCUT2D eigenvalue weighted by atomic mass is 16.5. The van der Waals surface area contributed by atoms with Crippen LogP contribution in [-0.2, 0) is 0 Å². The van der Waals surface area contributed by atoms with E-state index >= 15 is 0 Å². The van der Waals surface area contributed by atoms with E-state index in [1.807, 2.05) is 66.7 Å². The van der Waals surface area contributed by atoms with Crippen LogP contribution in [0.2, 0.25) is 0 Å². The van der Waals surface area contributed by atoms with Crippen molar-refractivity contribution < 1.29 is 18.6 Å². The minimum atomic E-state index is -0.559. The van der Waals surface area contributed by atoms with Gasteiger partial charge in [0, 0.05) is 22.6 Å². The first-order valence-corrected chi connectivity index (χ1v) is 11.3. The molecule has 1 atom stereocenters. The average molecular weight is 479 g/mol. The highest BCUT2D eigenvalue weighted by Gasteiger charge is 2.37. The van der Waals surface area contributed by atoms with Crippen molar-refractivity contribution in [1.29, 1.82) is 0 Å². The molecule has 0 saturated carbocycles. The zero-order valence-corrected chi connectivity index (χ0v) is 19.5. The molecule has 6 rings (SSSR count). The maximum Gasteiger partial charge on any atom is 0.380 e. The fraction of sp³-hybridized carbons (Fsp3) is 0.107. The van der Waals surface area contributed by atoms with Crippen LogP contribution in [0.3, 0.4) is 0 Å². The van der Waals surface area contributed by atoms with Crippen molar-refractivity contribution in [2.45, 2.75) is 5.92 Å². The van der Waals surface area contributed by atoms with Gasteiger partial charge in [-0.2, -0.15) is 0 Å². The minimum absolute atomic E-state index is 0.121. The molecule has 0 saturated heterocycles. The first-order chi connectivity index (χ1) is 17.7. The van der Waals surface area contributed by atoms with E-state index in [1.165, 1.54) is 6.33 Å². The lowest BCUT2D eigenvalue weighted by atomic mass is 9.82. The molecule has 36 heavy (non-hydrogen) atoms. The molecule has 5 aromatic rings. The molecule has 8 nitrogen and oxygen atoms in total. The Kier molecular flexibility index (Phi) is 5.26. The second-order valence-electron chi connectivity index (χ2n) is 8.23. The van der Waals surface area contributed by atoms with Gasteiger partial charge in [-0.25, -0.2) is 14.8 Å². The Morgan fingerprint density at radius 1 is 0.833 bits per heavy atom. The molecule has 3 aromatic carbocycles. The molecule has 1 unspecified atom stereocenters. The normalized spacial score (nSPS) is 13.9. The van der Waals surface area contributed by atoms with Gasteiger partial charge in [-0.05, 0) is 48.0 Å². The van der Waals surface area contributed by atoms with Gasteiger partial charge in [0.15, 0.2) is 0 Å². The van der Waals surface area contributed by atoms with Gasteiger partial charge in [0.25, 0.3) is 0 Å². The van der Waals surface area contributed by atoms with Crippen LogP contribution in [-0.4, -0.2) is 24.2 Å². The van der Waals surface area contributed by atoms with Gasteiger partial charge in [-0.15, -0.1) is 0 Å². The molecule has 8 heteroatoms. The number of hydrogen-bond donors (Lipinski definition) is 1. The Hall–Kier alpha value is -4.85. The predicted molar refractivity (Wildman–Crippen MR) is 135 cm³/mol. The van der Waals surface area contributed by atoms with E-state index < -0.39 is 11.5 Å². The van der Waals surface area contributed by atoms with Gasteiger partial charge in [0.1, 0.15) is 29.2 Å². The Morgan fingerprint density at radius 3 is 2.25 bits per heavy atom. The summed E-state index contributed by atoms with van der Waals surface area (Å²) in [6.07, 6.45) is 1.41. The van der Waals surface area contributed by atoms with Crippen molar-refractivity contribution in [3.8, 4) is 23.1 Å². The summed E-state index contributed by atoms with van der Waals surface area (Å²) < 4.78 is 22.3. The zero-order valence-electron chi connectivity index (χ0n) is 19.5. The van der Waals surface area contributed by atoms with Gasteiger partial charge >= 0.3 is 5.63 Å². The van der Waals surface area contributed by atoms with Crippen LogP contribution >= 0.6 is 0 Å². The minimum Gasteiger partial charge on any atom is -0.497 e. The van der Waals surface area contributed by atoms with E-state index in [4.69, 9.17) is 18.6 Å². The number of para-hydroxylation sites is 1. The van der Waals surface area contributed by atoms with E-state index in [9.17, 15) is 4.79 Å². The van der Waals surface area contributed by atoms with Gasteiger partial charge < -0.3 is 23.9 Å². The number of benzene rings is 3. The van der Waals surface area contributed by atoms with Crippen LogP contribution in [0.25, 0.3) is 11.0 Å². The van der Waals surface area contributed by atoms with E-state index in [1.54, 1.807) is 20.3 Å². The summed E-state index contributed by atoms with van der Waals surface area (Å²) in [6.45, 7) is 0. The number of ether oxygens (including phenoxy) is 3. The number of anilines is 2. The lowest BCUT2D eigenvalue weighted by molar-refractivity contribution is 0.399. The summed E-state index contributed by atoms with van der Waals surface area (Å²) in [4.78, 5) is 22.0. The topological polar surface area (TPSA) is 95.7 Å². The van der Waals surface area contributed by atoms with Gasteiger partial charge in [0.2, 0.25) is 11.6 Å². The van der Waals surface area contributed by atoms with Crippen LogP contribution < -0.4 is 25.2 Å². The first-order valence-electron chi connectivity index (χ1n) is 11.3. The second kappa shape index (κ2) is 8.74. The molecule has 0 fully saturated rings. The molecule has 2 aromatic heterocycles. The molecule has 0 spiro atoms. The second-order valence-corrected chi connectivity index (χ2v) is 8.23. The third-order valence-electron chi connectivity index (χ3n) is 6.24. The lowest BCUT2D eigenvalue weighted by Crippen LogP contribution is -2.20. The summed E-state index contributed by atoms with van der Waals surface area (Å²) >= 11 is 0. The molecule has 0 bridgehead atoms. The maximum absolute atomic E-state index is 13.0. The quantitative estimate of drug-likeness (QED) is 0.318. The van der Waals surface area contributed by atoms with Crippen LogP contribution in [0, 0.1) is 0 Å². The third kappa shape index (κ3) is 3.60. The molecule has 1 N–H and O–H groups in total. The van der Waals surface area contributed by atoms with Crippen LogP contribution in [0.15, 0.2) is 88.3 Å². The molecule has 178 valence electrons. The fourth-order valence-electron chi connectivity index (χ4n) is 4.54. The molecule has 3 heterocycles. The van der Waals surface area contributed by atoms with Crippen molar-refractivity contribution in [1.82, 2.24) is 9.97 Å². The average Bonchev–Trinajstić information content (AvgIpc) is 2.93. The lowest BCUT2D eigenvalue weighted by Gasteiger charge is -2.29. The Balaban J connectivity index is 1.59. The maximum atomic E-state index is 13.0. The summed E-state index contributed by atoms with van der Waals surface area (Å²) in [7, 11) is 3.25. The SMILES string of the molecule is COc1ccc(Nc2ncnc3c2C(c2ccc(OC)cc2)c2c(c(=O)oc4ccccc24)O3)cc1. The predicted octanol–water partition coefficient (Wildman–Crippen LogP) is 5.63. The molecule has 0 radical (unpaired) electrons. The van der Waals surface area contributed by atoms with Crippen LogP contribution in [0.1, 0.15) is 22.6 Å². The summed E-state index contributed by atoms with van der Waals surface area (Å²) in [6, 6.07) is 22.7. The van der Waals surface area contributed by atoms with Crippen molar-refractivity contribution in [2.75, 3.05) is 19.5 Å². The standard InChI is InChI=1S/C28H21N3O5/c1-33-18-11-7-16(8-12-18)22-23-20-5-3-4-6-21(20)35-28(32)25(23)36-27-24(22)26(29-15-30-27)31-17-9-13-19(34-2)14-10-17/h3-15,22H,1-2H3,(H,29,30,31). The monoisotopic (exact) mass is 479 g/mol. The van der Waals surface area contributed by atoms with Crippen molar-refractivity contribution in [3.63, 3.8) is 0 Å². The summed E-state index contributed by atoms with van der Waals surface area (Å²) in [5, 5.41) is 4.16. The molecule has 1 aliphatic heterocycles. The number of fused-ring (bicyclic) bond motifs is 4. The number of nitrogens with one attached hydrogen (secondary N) is 1. The summed E-state index contributed by atoms with van der Waals surface area (Å²) in [5.74, 6) is 2.04. The Morgan fingerprint density at radius 2 is 1.53 bits per heavy atom. The van der Waals surface area contributed by atoms with Gasteiger partial charge in [0.05, 0.1) is 19.8 Å².